The van der Waals surface area contributed by atoms with Crippen molar-refractivity contribution < 1.29 is 19.1 Å². The molecule has 1 aliphatic heterocycles. The van der Waals surface area contributed by atoms with E-state index in [1.807, 2.05) is 36.4 Å². The molecule has 4 heterocycles. The molecule has 0 atom stereocenters. The molecule has 11 heteroatoms. The van der Waals surface area contributed by atoms with Crippen LogP contribution in [0.3, 0.4) is 0 Å². The van der Waals surface area contributed by atoms with Gasteiger partial charge in [-0.25, -0.2) is 0 Å². The molecular weight excluding hydrogens is 546 g/mol. The van der Waals surface area contributed by atoms with Crippen LogP contribution in [0.5, 0.6) is 0 Å². The number of hydrogen-bond donors (Lipinski definition) is 3. The first-order valence-corrected chi connectivity index (χ1v) is 14.1. The largest absolute Gasteiger partial charge is 0.379 e. The van der Waals surface area contributed by atoms with Crippen molar-refractivity contribution in [3.63, 3.8) is 0 Å². The maximum absolute atomic E-state index is 13.1. The molecule has 43 heavy (non-hydrogen) atoms. The highest BCUT2D eigenvalue weighted by Crippen LogP contribution is 2.19. The third-order valence-corrected chi connectivity index (χ3v) is 7.16. The highest BCUT2D eigenvalue weighted by molar-refractivity contribution is 6.07. The van der Waals surface area contributed by atoms with Gasteiger partial charge in [-0.15, -0.1) is 0 Å². The highest BCUT2D eigenvalue weighted by atomic mass is 16.5. The zero-order valence-electron chi connectivity index (χ0n) is 24.2. The van der Waals surface area contributed by atoms with Crippen LogP contribution < -0.4 is 16.0 Å². The molecule has 11 nitrogen and oxygen atoms in total. The van der Waals surface area contributed by atoms with Gasteiger partial charge in [-0.2, -0.15) is 0 Å². The number of nitrogens with zero attached hydrogens (tertiary/aromatic N) is 4. The average molecular weight is 582 g/mol. The number of morpholine rings is 1. The summed E-state index contributed by atoms with van der Waals surface area (Å²) in [6.07, 6.45) is 10.8. The van der Waals surface area contributed by atoms with Crippen molar-refractivity contribution in [3.8, 4) is 0 Å². The molecule has 1 aromatic carbocycles. The molecule has 0 spiro atoms. The number of pyridine rings is 1. The lowest BCUT2D eigenvalue weighted by atomic mass is 10.1. The molecule has 0 radical (unpaired) electrons. The van der Waals surface area contributed by atoms with E-state index in [1.54, 1.807) is 72.3 Å². The summed E-state index contributed by atoms with van der Waals surface area (Å²) in [6, 6.07) is 14.3. The van der Waals surface area contributed by atoms with Crippen LogP contribution in [0.25, 0.3) is 12.2 Å². The van der Waals surface area contributed by atoms with Crippen LogP contribution >= 0.6 is 0 Å². The van der Waals surface area contributed by atoms with Gasteiger partial charge >= 0.3 is 0 Å². The predicted molar refractivity (Wildman–Crippen MR) is 166 cm³/mol. The van der Waals surface area contributed by atoms with Crippen molar-refractivity contribution in [3.05, 3.63) is 101 Å². The second kappa shape index (κ2) is 13.8. The summed E-state index contributed by atoms with van der Waals surface area (Å²) in [5.74, 6) is -0.856. The van der Waals surface area contributed by atoms with Crippen LogP contribution in [0.4, 0.5) is 11.4 Å². The van der Waals surface area contributed by atoms with E-state index in [-0.39, 0.29) is 17.7 Å². The maximum Gasteiger partial charge on any atom is 0.272 e. The molecule has 3 N–H and O–H groups in total. The summed E-state index contributed by atoms with van der Waals surface area (Å²) in [4.78, 5) is 44.9. The number of benzene rings is 1. The minimum Gasteiger partial charge on any atom is -0.379 e. The van der Waals surface area contributed by atoms with Gasteiger partial charge in [0.05, 0.1) is 24.6 Å². The molecular formula is C32H35N7O4. The minimum absolute atomic E-state index is 0.210. The molecule has 0 aliphatic carbocycles. The van der Waals surface area contributed by atoms with Crippen LogP contribution in [-0.2, 0) is 18.8 Å². The van der Waals surface area contributed by atoms with E-state index < -0.39 is 0 Å². The Balaban J connectivity index is 1.14. The molecule has 3 aromatic heterocycles. The summed E-state index contributed by atoms with van der Waals surface area (Å²) in [6.45, 7) is 4.43. The second-order valence-corrected chi connectivity index (χ2v) is 10.3. The van der Waals surface area contributed by atoms with Crippen LogP contribution in [0.15, 0.2) is 73.3 Å². The first-order valence-electron chi connectivity index (χ1n) is 14.1. The average Bonchev–Trinajstić information content (AvgIpc) is 3.58. The second-order valence-electron chi connectivity index (χ2n) is 10.3. The number of rotatable bonds is 10. The topological polar surface area (TPSA) is 123 Å². The standard InChI is InChI=1S/C32H35N7O4/c1-37-22-27(19-28(37)31(41)34-13-14-39-15-17-43-18-16-39)36-32(42)29-20-26(21-38(29)2)35-30(40)25-7-5-23(6-8-25)3-4-24-9-11-33-12-10-24/h3-12,19-22H,13-18H2,1-2H3,(H,34,41)(H,35,40)(H,36,42)/b4-3+. The zero-order chi connectivity index (χ0) is 30.2. The van der Waals surface area contributed by atoms with E-state index >= 15 is 0 Å². The Morgan fingerprint density at radius 1 is 0.791 bits per heavy atom. The number of nitrogens with one attached hydrogen (secondary N) is 3. The Labute approximate surface area is 250 Å². The zero-order valence-corrected chi connectivity index (χ0v) is 24.2. The molecule has 0 bridgehead atoms. The smallest absolute Gasteiger partial charge is 0.272 e. The van der Waals surface area contributed by atoms with Crippen LogP contribution in [0.1, 0.15) is 42.5 Å². The number of aromatic nitrogens is 3. The molecule has 4 aromatic rings. The van der Waals surface area contributed by atoms with Crippen LogP contribution in [0, 0.1) is 0 Å². The number of carbonyl (C=O) groups is 3. The predicted octanol–water partition coefficient (Wildman–Crippen LogP) is 3.50. The summed E-state index contributed by atoms with van der Waals surface area (Å²) in [5.41, 5.74) is 4.28. The van der Waals surface area contributed by atoms with E-state index in [9.17, 15) is 14.4 Å². The molecule has 222 valence electrons. The normalized spacial score (nSPS) is 13.6. The molecule has 3 amide bonds. The number of carbonyl (C=O) groups excluding carboxylic acids is 3. The molecule has 0 saturated carbocycles. The number of ether oxygens (including phenoxy) is 1. The Kier molecular flexibility index (Phi) is 9.45. The third kappa shape index (κ3) is 7.85. The van der Waals surface area contributed by atoms with Gasteiger partial charge < -0.3 is 29.8 Å². The SMILES string of the molecule is Cn1cc(NC(=O)c2cc(NC(=O)c3ccc(/C=C/c4ccncc4)cc3)cn2C)cc1C(=O)NCCN1CCOCC1. The Bertz CT molecular complexity index is 1600. The Morgan fingerprint density at radius 3 is 1.98 bits per heavy atom. The van der Waals surface area contributed by atoms with Gasteiger partial charge in [0.2, 0.25) is 0 Å². The van der Waals surface area contributed by atoms with Gasteiger partial charge in [0, 0.05) is 70.6 Å². The molecule has 5 rings (SSSR count). The quantitative estimate of drug-likeness (QED) is 0.264. The van der Waals surface area contributed by atoms with Gasteiger partial charge in [0.1, 0.15) is 11.4 Å². The molecule has 1 fully saturated rings. The fourth-order valence-corrected chi connectivity index (χ4v) is 4.77. The van der Waals surface area contributed by atoms with E-state index in [4.69, 9.17) is 4.74 Å². The molecule has 0 unspecified atom stereocenters. The summed E-state index contributed by atoms with van der Waals surface area (Å²) < 4.78 is 8.67. The lowest BCUT2D eigenvalue weighted by molar-refractivity contribution is 0.0383. The van der Waals surface area contributed by atoms with Gasteiger partial charge in [0.15, 0.2) is 0 Å². The van der Waals surface area contributed by atoms with Crippen molar-refractivity contribution >= 4 is 41.2 Å². The van der Waals surface area contributed by atoms with E-state index in [0.29, 0.717) is 48.1 Å². The lowest BCUT2D eigenvalue weighted by Gasteiger charge is -2.26. The van der Waals surface area contributed by atoms with Crippen molar-refractivity contribution in [2.24, 2.45) is 14.1 Å². The van der Waals surface area contributed by atoms with Crippen molar-refractivity contribution in [2.45, 2.75) is 0 Å². The Morgan fingerprint density at radius 2 is 1.35 bits per heavy atom. The maximum atomic E-state index is 13.1. The van der Waals surface area contributed by atoms with Gasteiger partial charge in [-0.05, 0) is 47.5 Å². The van der Waals surface area contributed by atoms with Crippen LogP contribution in [0.2, 0.25) is 0 Å². The summed E-state index contributed by atoms with van der Waals surface area (Å²) in [7, 11) is 3.49. The monoisotopic (exact) mass is 581 g/mol. The van der Waals surface area contributed by atoms with Gasteiger partial charge in [0.25, 0.3) is 17.7 Å². The summed E-state index contributed by atoms with van der Waals surface area (Å²) >= 11 is 0. The van der Waals surface area contributed by atoms with Crippen molar-refractivity contribution in [1.29, 1.82) is 0 Å². The van der Waals surface area contributed by atoms with Gasteiger partial charge in [-0.1, -0.05) is 24.3 Å². The molecule has 1 saturated heterocycles. The van der Waals surface area contributed by atoms with E-state index in [1.165, 1.54) is 0 Å². The number of hydrogen-bond acceptors (Lipinski definition) is 6. The first-order chi connectivity index (χ1) is 20.9. The number of aryl methyl sites for hydroxylation is 2. The highest BCUT2D eigenvalue weighted by Gasteiger charge is 2.18. The Hall–Kier alpha value is -5.00. The van der Waals surface area contributed by atoms with Crippen molar-refractivity contribution in [1.82, 2.24) is 24.3 Å². The third-order valence-electron chi connectivity index (χ3n) is 7.16. The van der Waals surface area contributed by atoms with E-state index in [2.05, 4.69) is 25.8 Å². The van der Waals surface area contributed by atoms with E-state index in [0.717, 1.165) is 30.8 Å². The fraction of sp³-hybridized carbons (Fsp3) is 0.250. The van der Waals surface area contributed by atoms with Crippen molar-refractivity contribution in [2.75, 3.05) is 50.0 Å². The first kappa shape index (κ1) is 29.5. The van der Waals surface area contributed by atoms with Crippen LogP contribution in [-0.4, -0.2) is 76.1 Å². The lowest BCUT2D eigenvalue weighted by Crippen LogP contribution is -2.41. The number of amides is 3. The minimum atomic E-state index is -0.363. The summed E-state index contributed by atoms with van der Waals surface area (Å²) in [5, 5.41) is 8.64. The fourth-order valence-electron chi connectivity index (χ4n) is 4.77. The van der Waals surface area contributed by atoms with Gasteiger partial charge in [-0.3, -0.25) is 24.3 Å². The molecule has 1 aliphatic rings. The number of anilines is 2.